The Morgan fingerprint density at radius 1 is 1.06 bits per heavy atom. The molecule has 88 valence electrons. The first-order chi connectivity index (χ1) is 8.83. The summed E-state index contributed by atoms with van der Waals surface area (Å²) in [6.07, 6.45) is 1.87. The van der Waals surface area contributed by atoms with Gasteiger partial charge in [-0.2, -0.15) is 5.26 Å². The zero-order chi connectivity index (χ0) is 12.8. The quantitative estimate of drug-likeness (QED) is 0.599. The van der Waals surface area contributed by atoms with Crippen molar-refractivity contribution >= 4 is 11.6 Å². The Labute approximate surface area is 107 Å². The number of allylic oxidation sites excluding steroid dienone is 1. The molecule has 0 radical (unpaired) electrons. The number of rotatable bonds is 3. The smallest absolute Gasteiger partial charge is 0.118 e. The summed E-state index contributed by atoms with van der Waals surface area (Å²) in [4.78, 5) is 0. The molecule has 0 N–H and O–H groups in total. The van der Waals surface area contributed by atoms with Crippen molar-refractivity contribution in [3.63, 3.8) is 0 Å². The summed E-state index contributed by atoms with van der Waals surface area (Å²) in [5.41, 5.74) is 2.56. The lowest BCUT2D eigenvalue weighted by Gasteiger charge is -2.01. The molecular weight excluding hydrogens is 222 g/mol. The van der Waals surface area contributed by atoms with Crippen molar-refractivity contribution in [3.8, 4) is 11.8 Å². The minimum Gasteiger partial charge on any atom is -0.497 e. The van der Waals surface area contributed by atoms with Gasteiger partial charge in [0.15, 0.2) is 0 Å². The molecule has 0 aliphatic rings. The summed E-state index contributed by atoms with van der Waals surface area (Å²) in [6, 6.07) is 19.5. The van der Waals surface area contributed by atoms with Gasteiger partial charge in [-0.15, -0.1) is 0 Å². The molecule has 18 heavy (non-hydrogen) atoms. The maximum absolute atomic E-state index is 9.20. The average Bonchev–Trinajstić information content (AvgIpc) is 2.46. The SMILES string of the molecule is COc1ccc(/C=C(\C#N)c2ccccc2)cc1. The third-order valence-electron chi connectivity index (χ3n) is 2.63. The molecule has 0 fully saturated rings. The Bertz CT molecular complexity index is 577. The van der Waals surface area contributed by atoms with E-state index in [0.717, 1.165) is 16.9 Å². The van der Waals surface area contributed by atoms with E-state index in [9.17, 15) is 5.26 Å². The summed E-state index contributed by atoms with van der Waals surface area (Å²) >= 11 is 0. The fraction of sp³-hybridized carbons (Fsp3) is 0.0625. The maximum atomic E-state index is 9.20. The Morgan fingerprint density at radius 2 is 1.72 bits per heavy atom. The summed E-state index contributed by atoms with van der Waals surface area (Å²) in [6.45, 7) is 0. The average molecular weight is 235 g/mol. The zero-order valence-corrected chi connectivity index (χ0v) is 10.1. The molecule has 0 atom stereocenters. The van der Waals surface area contributed by atoms with E-state index in [1.54, 1.807) is 7.11 Å². The van der Waals surface area contributed by atoms with E-state index in [0.29, 0.717) is 5.57 Å². The summed E-state index contributed by atoms with van der Waals surface area (Å²) in [5.74, 6) is 0.811. The van der Waals surface area contributed by atoms with Crippen LogP contribution < -0.4 is 4.74 Å². The maximum Gasteiger partial charge on any atom is 0.118 e. The first-order valence-electron chi connectivity index (χ1n) is 5.65. The van der Waals surface area contributed by atoms with Crippen molar-refractivity contribution in [2.45, 2.75) is 0 Å². The predicted octanol–water partition coefficient (Wildman–Crippen LogP) is 3.76. The second-order valence-corrected chi connectivity index (χ2v) is 3.81. The van der Waals surface area contributed by atoms with Crippen LogP contribution in [0.2, 0.25) is 0 Å². The molecule has 2 nitrogen and oxygen atoms in total. The molecule has 0 aliphatic heterocycles. The summed E-state index contributed by atoms with van der Waals surface area (Å²) in [7, 11) is 1.63. The summed E-state index contributed by atoms with van der Waals surface area (Å²) in [5, 5.41) is 9.20. The molecule has 0 heterocycles. The van der Waals surface area contributed by atoms with E-state index in [2.05, 4.69) is 6.07 Å². The largest absolute Gasteiger partial charge is 0.497 e. The van der Waals surface area contributed by atoms with Gasteiger partial charge in [0.2, 0.25) is 0 Å². The highest BCUT2D eigenvalue weighted by atomic mass is 16.5. The molecule has 0 spiro atoms. The predicted molar refractivity (Wildman–Crippen MR) is 72.9 cm³/mol. The molecule has 0 bridgehead atoms. The van der Waals surface area contributed by atoms with Gasteiger partial charge < -0.3 is 4.74 Å². The van der Waals surface area contributed by atoms with Crippen LogP contribution in [0.25, 0.3) is 11.6 Å². The van der Waals surface area contributed by atoms with Gasteiger partial charge in [-0.25, -0.2) is 0 Å². The molecule has 0 saturated carbocycles. The second kappa shape index (κ2) is 5.70. The van der Waals surface area contributed by atoms with Gasteiger partial charge in [-0.3, -0.25) is 0 Å². The van der Waals surface area contributed by atoms with Crippen LogP contribution >= 0.6 is 0 Å². The fourth-order valence-corrected chi connectivity index (χ4v) is 1.66. The van der Waals surface area contributed by atoms with Gasteiger partial charge in [0.1, 0.15) is 5.75 Å². The number of benzene rings is 2. The van der Waals surface area contributed by atoms with Crippen LogP contribution in [0, 0.1) is 11.3 Å². The van der Waals surface area contributed by atoms with Gasteiger partial charge >= 0.3 is 0 Å². The monoisotopic (exact) mass is 235 g/mol. The molecule has 2 aromatic rings. The minimum absolute atomic E-state index is 0.653. The molecule has 2 heteroatoms. The topological polar surface area (TPSA) is 33.0 Å². The van der Waals surface area contributed by atoms with Crippen LogP contribution in [0.4, 0.5) is 0 Å². The number of ether oxygens (including phenoxy) is 1. The summed E-state index contributed by atoms with van der Waals surface area (Å²) < 4.78 is 5.10. The number of hydrogen-bond acceptors (Lipinski definition) is 2. The van der Waals surface area contributed by atoms with Crippen LogP contribution in [0.3, 0.4) is 0 Å². The lowest BCUT2D eigenvalue weighted by Crippen LogP contribution is -1.83. The van der Waals surface area contributed by atoms with Gasteiger partial charge in [0, 0.05) is 0 Å². The van der Waals surface area contributed by atoms with Gasteiger partial charge in [-0.05, 0) is 29.3 Å². The van der Waals surface area contributed by atoms with E-state index in [4.69, 9.17) is 4.74 Å². The third-order valence-corrected chi connectivity index (χ3v) is 2.63. The standard InChI is InChI=1S/C16H13NO/c1-18-16-9-7-13(8-10-16)11-15(12-17)14-5-3-2-4-6-14/h2-11H,1H3/b15-11+. The van der Waals surface area contributed by atoms with Gasteiger partial charge in [-0.1, -0.05) is 42.5 Å². The van der Waals surface area contributed by atoms with Gasteiger partial charge in [0.25, 0.3) is 0 Å². The van der Waals surface area contributed by atoms with Crippen molar-refractivity contribution < 1.29 is 4.74 Å². The Hall–Kier alpha value is -2.53. The van der Waals surface area contributed by atoms with Crippen molar-refractivity contribution in [1.29, 1.82) is 5.26 Å². The first kappa shape index (κ1) is 11.9. The lowest BCUT2D eigenvalue weighted by molar-refractivity contribution is 0.415. The highest BCUT2D eigenvalue weighted by Gasteiger charge is 2.00. The normalized spacial score (nSPS) is 10.8. The molecule has 0 amide bonds. The zero-order valence-electron chi connectivity index (χ0n) is 10.1. The van der Waals surface area contributed by atoms with E-state index in [-0.39, 0.29) is 0 Å². The van der Waals surface area contributed by atoms with Crippen LogP contribution in [0.5, 0.6) is 5.75 Å². The van der Waals surface area contributed by atoms with Gasteiger partial charge in [0.05, 0.1) is 18.8 Å². The Balaban J connectivity index is 2.33. The van der Waals surface area contributed by atoms with Crippen LogP contribution in [0.15, 0.2) is 54.6 Å². The molecule has 2 rings (SSSR count). The van der Waals surface area contributed by atoms with Crippen LogP contribution in [-0.2, 0) is 0 Å². The molecular formula is C16H13NO. The lowest BCUT2D eigenvalue weighted by atomic mass is 10.0. The molecule has 0 aliphatic carbocycles. The number of methoxy groups -OCH3 is 1. The fourth-order valence-electron chi connectivity index (χ4n) is 1.66. The van der Waals surface area contributed by atoms with E-state index >= 15 is 0 Å². The molecule has 0 aromatic heterocycles. The Kier molecular flexibility index (Phi) is 3.78. The molecule has 2 aromatic carbocycles. The van der Waals surface area contributed by atoms with Crippen LogP contribution in [-0.4, -0.2) is 7.11 Å². The number of nitriles is 1. The highest BCUT2D eigenvalue weighted by Crippen LogP contribution is 2.19. The van der Waals surface area contributed by atoms with Crippen molar-refractivity contribution in [2.75, 3.05) is 7.11 Å². The molecule has 0 unspecified atom stereocenters. The van der Waals surface area contributed by atoms with E-state index in [1.807, 2.05) is 60.7 Å². The van der Waals surface area contributed by atoms with Crippen molar-refractivity contribution in [3.05, 3.63) is 65.7 Å². The number of nitrogens with zero attached hydrogens (tertiary/aromatic N) is 1. The van der Waals surface area contributed by atoms with E-state index in [1.165, 1.54) is 0 Å². The Morgan fingerprint density at radius 3 is 2.28 bits per heavy atom. The van der Waals surface area contributed by atoms with Crippen LogP contribution in [0.1, 0.15) is 11.1 Å². The second-order valence-electron chi connectivity index (χ2n) is 3.81. The van der Waals surface area contributed by atoms with E-state index < -0.39 is 0 Å². The molecule has 0 saturated heterocycles. The number of hydrogen-bond donors (Lipinski definition) is 0. The highest BCUT2D eigenvalue weighted by molar-refractivity contribution is 5.89. The van der Waals surface area contributed by atoms with Crippen molar-refractivity contribution in [2.24, 2.45) is 0 Å². The minimum atomic E-state index is 0.653. The third kappa shape index (κ3) is 2.78. The first-order valence-corrected chi connectivity index (χ1v) is 5.65. The van der Waals surface area contributed by atoms with Crippen molar-refractivity contribution in [1.82, 2.24) is 0 Å².